The number of aromatic hydroxyl groups is 1. The number of rotatable bonds is 10. The van der Waals surface area contributed by atoms with Crippen molar-refractivity contribution in [3.8, 4) is 5.75 Å². The SMILES string of the molecule is COC(=O)CC1C(C(=O)OC)=CO[C@@H](O[C@@H]2O[C@H](CO)[C@H](O)[C@H](O)[C@H]2O)/C1=C/COC(=O)/C=C\c1ccc(O)cc1. The van der Waals surface area contributed by atoms with E-state index in [1.165, 1.54) is 24.3 Å². The highest BCUT2D eigenvalue weighted by molar-refractivity contribution is 5.91. The monoisotopic (exact) mass is 580 g/mol. The van der Waals surface area contributed by atoms with Crippen molar-refractivity contribution in [2.24, 2.45) is 5.92 Å². The summed E-state index contributed by atoms with van der Waals surface area (Å²) in [5, 5.41) is 49.4. The van der Waals surface area contributed by atoms with Gasteiger partial charge >= 0.3 is 17.9 Å². The molecule has 0 saturated carbocycles. The molecule has 0 aromatic heterocycles. The number of carbonyl (C=O) groups is 3. The summed E-state index contributed by atoms with van der Waals surface area (Å²) in [6.45, 7) is -1.08. The number of phenols is 1. The molecular formula is C27H32O14. The minimum absolute atomic E-state index is 0.0634. The van der Waals surface area contributed by atoms with Gasteiger partial charge in [0.05, 0.1) is 39.1 Å². The molecule has 1 saturated heterocycles. The Morgan fingerprint density at radius 3 is 2.34 bits per heavy atom. The smallest absolute Gasteiger partial charge is 0.337 e. The summed E-state index contributed by atoms with van der Waals surface area (Å²) in [7, 11) is 2.28. The third kappa shape index (κ3) is 8.13. The number of methoxy groups -OCH3 is 2. The third-order valence-corrected chi connectivity index (χ3v) is 6.34. The van der Waals surface area contributed by atoms with E-state index in [0.29, 0.717) is 5.56 Å². The Morgan fingerprint density at radius 1 is 1.00 bits per heavy atom. The summed E-state index contributed by atoms with van der Waals surface area (Å²) in [6, 6.07) is 6.06. The minimum Gasteiger partial charge on any atom is -0.508 e. The predicted octanol–water partition coefficient (Wildman–Crippen LogP) is -0.716. The molecule has 2 heterocycles. The Morgan fingerprint density at radius 2 is 1.71 bits per heavy atom. The van der Waals surface area contributed by atoms with Gasteiger partial charge in [-0.25, -0.2) is 9.59 Å². The van der Waals surface area contributed by atoms with Crippen molar-refractivity contribution >= 4 is 24.0 Å². The van der Waals surface area contributed by atoms with Gasteiger partial charge in [-0.1, -0.05) is 12.1 Å². The first-order valence-corrected chi connectivity index (χ1v) is 12.4. The molecule has 0 aliphatic carbocycles. The zero-order valence-electron chi connectivity index (χ0n) is 22.2. The van der Waals surface area contributed by atoms with Crippen molar-refractivity contribution in [2.75, 3.05) is 27.4 Å². The highest BCUT2D eigenvalue weighted by Crippen LogP contribution is 2.36. The number of phenolic OH excluding ortho intramolecular Hbond substituents is 1. The number of ether oxygens (including phenoxy) is 6. The lowest BCUT2D eigenvalue weighted by Gasteiger charge is -2.41. The molecule has 1 fully saturated rings. The molecule has 14 nitrogen and oxygen atoms in total. The van der Waals surface area contributed by atoms with E-state index in [-0.39, 0.29) is 29.9 Å². The van der Waals surface area contributed by atoms with Crippen molar-refractivity contribution in [1.29, 1.82) is 0 Å². The molecule has 0 radical (unpaired) electrons. The molecule has 1 aromatic rings. The molecule has 2 aliphatic rings. The summed E-state index contributed by atoms with van der Waals surface area (Å²) in [5.41, 5.74) is 0.625. The second kappa shape index (κ2) is 14.7. The van der Waals surface area contributed by atoms with Gasteiger partial charge in [0.15, 0.2) is 6.29 Å². The van der Waals surface area contributed by atoms with Crippen molar-refractivity contribution in [1.82, 2.24) is 0 Å². The van der Waals surface area contributed by atoms with Gasteiger partial charge in [0.1, 0.15) is 36.8 Å². The van der Waals surface area contributed by atoms with Crippen LogP contribution in [0.2, 0.25) is 0 Å². The topological polar surface area (TPSA) is 208 Å². The molecule has 0 bridgehead atoms. The Kier molecular flexibility index (Phi) is 11.4. The summed E-state index contributed by atoms with van der Waals surface area (Å²) in [6.07, 6.45) is -4.95. The molecule has 0 amide bonds. The lowest BCUT2D eigenvalue weighted by atomic mass is 9.86. The van der Waals surface area contributed by atoms with E-state index in [4.69, 9.17) is 28.4 Å². The standard InChI is InChI=1S/C27H32O14/c1-36-21(31)11-17-16(9-10-38-20(30)8-5-14-3-6-15(29)7-4-14)26(39-13-18(17)25(35)37-2)41-27-24(34)23(33)22(32)19(12-28)40-27/h3-9,13,17,19,22-24,26-29,32-34H,10-12H2,1-2H3/b8-5-,16-9+/t17?,19-,22+,23+,24-,26+,27+/m1/s1. The summed E-state index contributed by atoms with van der Waals surface area (Å²) < 4.78 is 31.4. The Labute approximate surface area is 234 Å². The van der Waals surface area contributed by atoms with E-state index in [1.54, 1.807) is 12.1 Å². The molecule has 41 heavy (non-hydrogen) atoms. The largest absolute Gasteiger partial charge is 0.508 e. The van der Waals surface area contributed by atoms with E-state index in [2.05, 4.69) is 0 Å². The lowest BCUT2D eigenvalue weighted by Crippen LogP contribution is -2.60. The summed E-state index contributed by atoms with van der Waals surface area (Å²) in [5.74, 6) is -3.27. The zero-order chi connectivity index (χ0) is 30.1. The Balaban J connectivity index is 1.86. The van der Waals surface area contributed by atoms with Gasteiger partial charge in [-0.15, -0.1) is 0 Å². The van der Waals surface area contributed by atoms with Gasteiger partial charge in [0.2, 0.25) is 6.29 Å². The highest BCUT2D eigenvalue weighted by atomic mass is 16.8. The molecule has 224 valence electrons. The molecule has 7 atom stereocenters. The molecule has 5 N–H and O–H groups in total. The molecule has 1 aromatic carbocycles. The van der Waals surface area contributed by atoms with Crippen LogP contribution in [0.1, 0.15) is 12.0 Å². The maximum absolute atomic E-state index is 12.5. The number of aliphatic hydroxyl groups excluding tert-OH is 4. The van der Waals surface area contributed by atoms with Crippen LogP contribution in [0.15, 0.2) is 53.8 Å². The van der Waals surface area contributed by atoms with Crippen LogP contribution in [0.5, 0.6) is 5.75 Å². The van der Waals surface area contributed by atoms with Crippen LogP contribution < -0.4 is 0 Å². The average molecular weight is 581 g/mol. The highest BCUT2D eigenvalue weighted by Gasteiger charge is 2.47. The van der Waals surface area contributed by atoms with Crippen LogP contribution in [0.25, 0.3) is 6.08 Å². The van der Waals surface area contributed by atoms with Crippen LogP contribution in [-0.2, 0) is 42.8 Å². The van der Waals surface area contributed by atoms with Crippen molar-refractivity contribution in [3.05, 3.63) is 59.4 Å². The third-order valence-electron chi connectivity index (χ3n) is 6.34. The average Bonchev–Trinajstić information content (AvgIpc) is 2.97. The number of benzene rings is 1. The quantitative estimate of drug-likeness (QED) is 0.100. The van der Waals surface area contributed by atoms with Crippen LogP contribution in [0.4, 0.5) is 0 Å². The molecule has 3 rings (SSSR count). The lowest BCUT2D eigenvalue weighted by molar-refractivity contribution is -0.327. The fourth-order valence-corrected chi connectivity index (χ4v) is 4.09. The van der Waals surface area contributed by atoms with Crippen molar-refractivity contribution < 1.29 is 68.3 Å². The number of esters is 3. The number of aliphatic hydroxyl groups is 4. The van der Waals surface area contributed by atoms with Gasteiger partial charge in [0, 0.05) is 17.6 Å². The maximum Gasteiger partial charge on any atom is 0.337 e. The van der Waals surface area contributed by atoms with Gasteiger partial charge in [-0.2, -0.15) is 0 Å². The number of carbonyl (C=O) groups excluding carboxylic acids is 3. The molecule has 1 unspecified atom stereocenters. The molecule has 2 aliphatic heterocycles. The van der Waals surface area contributed by atoms with Gasteiger partial charge in [-0.05, 0) is 29.8 Å². The van der Waals surface area contributed by atoms with Gasteiger partial charge < -0.3 is 54.0 Å². The van der Waals surface area contributed by atoms with Crippen molar-refractivity contribution in [2.45, 2.75) is 43.4 Å². The van der Waals surface area contributed by atoms with E-state index < -0.39 is 67.4 Å². The second-order valence-electron chi connectivity index (χ2n) is 8.96. The first-order chi connectivity index (χ1) is 19.6. The summed E-state index contributed by atoms with van der Waals surface area (Å²) in [4.78, 5) is 37.0. The maximum atomic E-state index is 12.5. The predicted molar refractivity (Wildman–Crippen MR) is 136 cm³/mol. The van der Waals surface area contributed by atoms with Crippen molar-refractivity contribution in [3.63, 3.8) is 0 Å². The van der Waals surface area contributed by atoms with Crippen LogP contribution >= 0.6 is 0 Å². The fourth-order valence-electron chi connectivity index (χ4n) is 4.09. The minimum atomic E-state index is -1.77. The van der Waals surface area contributed by atoms with Crippen LogP contribution in [0, 0.1) is 5.92 Å². The van der Waals surface area contributed by atoms with Gasteiger partial charge in [0.25, 0.3) is 0 Å². The zero-order valence-corrected chi connectivity index (χ0v) is 22.2. The Hall–Kier alpha value is -3.79. The van der Waals surface area contributed by atoms with E-state index in [9.17, 15) is 39.9 Å². The van der Waals surface area contributed by atoms with E-state index in [0.717, 1.165) is 26.6 Å². The number of hydrogen-bond acceptors (Lipinski definition) is 14. The molecule has 0 spiro atoms. The van der Waals surface area contributed by atoms with E-state index >= 15 is 0 Å². The molecular weight excluding hydrogens is 548 g/mol. The van der Waals surface area contributed by atoms with Gasteiger partial charge in [-0.3, -0.25) is 4.79 Å². The normalized spacial score (nSPS) is 29.0. The van der Waals surface area contributed by atoms with Crippen LogP contribution in [-0.4, -0.2) is 108 Å². The Bertz CT molecular complexity index is 1160. The number of hydrogen-bond donors (Lipinski definition) is 5. The fraction of sp³-hybridized carbons (Fsp3) is 0.444. The summed E-state index contributed by atoms with van der Waals surface area (Å²) >= 11 is 0. The molecule has 14 heteroatoms. The second-order valence-corrected chi connectivity index (χ2v) is 8.96. The van der Waals surface area contributed by atoms with Crippen LogP contribution in [0.3, 0.4) is 0 Å². The van der Waals surface area contributed by atoms with E-state index in [1.807, 2.05) is 0 Å². The first kappa shape index (κ1) is 31.7. The first-order valence-electron chi connectivity index (χ1n) is 12.4.